The van der Waals surface area contributed by atoms with E-state index in [0.29, 0.717) is 6.61 Å². The molecule has 0 bridgehead atoms. The summed E-state index contributed by atoms with van der Waals surface area (Å²) >= 11 is 0. The van der Waals surface area contributed by atoms with Crippen molar-refractivity contribution in [3.05, 3.63) is 35.4 Å². The van der Waals surface area contributed by atoms with Gasteiger partial charge in [-0.3, -0.25) is 0 Å². The zero-order valence-electron chi connectivity index (χ0n) is 9.71. The van der Waals surface area contributed by atoms with Crippen LogP contribution in [-0.2, 0) is 0 Å². The molecule has 0 spiro atoms. The first kappa shape index (κ1) is 11.8. The normalized spacial score (nSPS) is 11.5. The minimum atomic E-state index is 0.704. The van der Waals surface area contributed by atoms with Gasteiger partial charge in [0.05, 0.1) is 6.61 Å². The molecule has 2 nitrogen and oxygen atoms in total. The van der Waals surface area contributed by atoms with Gasteiger partial charge in [0.2, 0.25) is 0 Å². The summed E-state index contributed by atoms with van der Waals surface area (Å²) in [6.07, 6.45) is 2.15. The van der Waals surface area contributed by atoms with Gasteiger partial charge in [-0.15, -0.1) is 0 Å². The highest BCUT2D eigenvalue weighted by Gasteiger charge is 1.99. The standard InChI is InChI=1S/C13H19NO/c1-4-15-13-8-6-5-7-12(13)9-11(2)10-14-3/h5-9,14H,4,10H2,1-3H3. The Balaban J connectivity index is 2.87. The molecule has 0 heterocycles. The predicted molar refractivity (Wildman–Crippen MR) is 65.2 cm³/mol. The van der Waals surface area contributed by atoms with Crippen molar-refractivity contribution in [3.8, 4) is 5.75 Å². The van der Waals surface area contributed by atoms with E-state index in [2.05, 4.69) is 24.4 Å². The van der Waals surface area contributed by atoms with E-state index < -0.39 is 0 Å². The molecule has 0 aromatic heterocycles. The fourth-order valence-electron chi connectivity index (χ4n) is 1.48. The Bertz CT molecular complexity index is 331. The molecule has 0 radical (unpaired) electrons. The zero-order valence-corrected chi connectivity index (χ0v) is 9.71. The summed E-state index contributed by atoms with van der Waals surface area (Å²) in [4.78, 5) is 0. The molecule has 1 N–H and O–H groups in total. The van der Waals surface area contributed by atoms with Gasteiger partial charge in [0.25, 0.3) is 0 Å². The van der Waals surface area contributed by atoms with E-state index in [-0.39, 0.29) is 0 Å². The Hall–Kier alpha value is -1.28. The van der Waals surface area contributed by atoms with Crippen LogP contribution in [0.4, 0.5) is 0 Å². The number of nitrogens with one attached hydrogen (secondary N) is 1. The third-order valence-corrected chi connectivity index (χ3v) is 2.08. The fourth-order valence-corrected chi connectivity index (χ4v) is 1.48. The highest BCUT2D eigenvalue weighted by molar-refractivity contribution is 5.59. The van der Waals surface area contributed by atoms with Crippen LogP contribution >= 0.6 is 0 Å². The van der Waals surface area contributed by atoms with E-state index in [1.165, 1.54) is 5.57 Å². The molecule has 82 valence electrons. The summed E-state index contributed by atoms with van der Waals surface area (Å²) in [5.41, 5.74) is 2.44. The average Bonchev–Trinajstić information content (AvgIpc) is 2.21. The van der Waals surface area contributed by atoms with Crippen LogP contribution in [-0.4, -0.2) is 20.2 Å². The summed E-state index contributed by atoms with van der Waals surface area (Å²) in [5, 5.41) is 3.13. The first-order valence-corrected chi connectivity index (χ1v) is 5.31. The van der Waals surface area contributed by atoms with Crippen molar-refractivity contribution in [1.82, 2.24) is 5.32 Å². The minimum Gasteiger partial charge on any atom is -0.493 e. The molecule has 0 saturated heterocycles. The molecule has 0 atom stereocenters. The molecular formula is C13H19NO. The summed E-state index contributed by atoms with van der Waals surface area (Å²) in [5.74, 6) is 0.954. The molecule has 0 aliphatic carbocycles. The van der Waals surface area contributed by atoms with E-state index in [4.69, 9.17) is 4.74 Å². The topological polar surface area (TPSA) is 21.3 Å². The fraction of sp³-hybridized carbons (Fsp3) is 0.385. The number of para-hydroxylation sites is 1. The van der Waals surface area contributed by atoms with Crippen molar-refractivity contribution in [3.63, 3.8) is 0 Å². The van der Waals surface area contributed by atoms with E-state index >= 15 is 0 Å². The van der Waals surface area contributed by atoms with Crippen molar-refractivity contribution in [2.75, 3.05) is 20.2 Å². The lowest BCUT2D eigenvalue weighted by Gasteiger charge is -2.07. The molecule has 15 heavy (non-hydrogen) atoms. The second kappa shape index (κ2) is 6.25. The Kier molecular flexibility index (Phi) is 4.91. The molecule has 0 aliphatic rings. The maximum Gasteiger partial charge on any atom is 0.126 e. The van der Waals surface area contributed by atoms with E-state index in [1.54, 1.807) is 0 Å². The summed E-state index contributed by atoms with van der Waals surface area (Å²) in [7, 11) is 1.95. The van der Waals surface area contributed by atoms with Crippen LogP contribution < -0.4 is 10.1 Å². The first-order valence-electron chi connectivity index (χ1n) is 5.31. The lowest BCUT2D eigenvalue weighted by atomic mass is 10.1. The van der Waals surface area contributed by atoms with Crippen molar-refractivity contribution < 1.29 is 4.74 Å². The Morgan fingerprint density at radius 1 is 1.40 bits per heavy atom. The monoisotopic (exact) mass is 205 g/mol. The summed E-state index contributed by atoms with van der Waals surface area (Å²) in [6.45, 7) is 5.72. The van der Waals surface area contributed by atoms with Crippen molar-refractivity contribution >= 4 is 6.08 Å². The molecule has 1 rings (SSSR count). The Morgan fingerprint density at radius 3 is 2.80 bits per heavy atom. The van der Waals surface area contributed by atoms with Gasteiger partial charge in [0.15, 0.2) is 0 Å². The van der Waals surface area contributed by atoms with Crippen LogP contribution in [0.5, 0.6) is 5.75 Å². The Labute approximate surface area is 92.0 Å². The highest BCUT2D eigenvalue weighted by Crippen LogP contribution is 2.20. The van der Waals surface area contributed by atoms with Gasteiger partial charge in [0, 0.05) is 12.1 Å². The van der Waals surface area contributed by atoms with Crippen LogP contribution in [0.15, 0.2) is 29.8 Å². The van der Waals surface area contributed by atoms with Gasteiger partial charge in [0.1, 0.15) is 5.75 Å². The maximum absolute atomic E-state index is 5.55. The molecular weight excluding hydrogens is 186 g/mol. The smallest absolute Gasteiger partial charge is 0.126 e. The predicted octanol–water partition coefficient (Wildman–Crippen LogP) is 2.71. The lowest BCUT2D eigenvalue weighted by Crippen LogP contribution is -2.08. The summed E-state index contributed by atoms with van der Waals surface area (Å²) < 4.78 is 5.55. The van der Waals surface area contributed by atoms with Gasteiger partial charge in [-0.25, -0.2) is 0 Å². The van der Waals surface area contributed by atoms with Crippen molar-refractivity contribution in [2.45, 2.75) is 13.8 Å². The molecule has 2 heteroatoms. The Morgan fingerprint density at radius 2 is 2.13 bits per heavy atom. The molecule has 0 unspecified atom stereocenters. The van der Waals surface area contributed by atoms with E-state index in [0.717, 1.165) is 17.9 Å². The third kappa shape index (κ3) is 3.76. The quantitative estimate of drug-likeness (QED) is 0.798. The van der Waals surface area contributed by atoms with Crippen molar-refractivity contribution in [1.29, 1.82) is 0 Å². The van der Waals surface area contributed by atoms with Crippen LogP contribution in [0.25, 0.3) is 6.08 Å². The van der Waals surface area contributed by atoms with Crippen molar-refractivity contribution in [2.24, 2.45) is 0 Å². The minimum absolute atomic E-state index is 0.704. The van der Waals surface area contributed by atoms with Crippen LogP contribution in [0.1, 0.15) is 19.4 Å². The van der Waals surface area contributed by atoms with Gasteiger partial charge in [-0.2, -0.15) is 0 Å². The third-order valence-electron chi connectivity index (χ3n) is 2.08. The maximum atomic E-state index is 5.55. The lowest BCUT2D eigenvalue weighted by molar-refractivity contribution is 0.339. The average molecular weight is 205 g/mol. The van der Waals surface area contributed by atoms with Crippen LogP contribution in [0, 0.1) is 0 Å². The number of hydrogen-bond donors (Lipinski definition) is 1. The van der Waals surface area contributed by atoms with E-state index in [9.17, 15) is 0 Å². The van der Waals surface area contributed by atoms with Gasteiger partial charge >= 0.3 is 0 Å². The van der Waals surface area contributed by atoms with E-state index in [1.807, 2.05) is 32.2 Å². The second-order valence-electron chi connectivity index (χ2n) is 3.49. The molecule has 0 fully saturated rings. The van der Waals surface area contributed by atoms with Gasteiger partial charge < -0.3 is 10.1 Å². The zero-order chi connectivity index (χ0) is 11.1. The largest absolute Gasteiger partial charge is 0.493 e. The summed E-state index contributed by atoms with van der Waals surface area (Å²) in [6, 6.07) is 8.10. The molecule has 0 amide bonds. The molecule has 1 aromatic carbocycles. The molecule has 1 aromatic rings. The van der Waals surface area contributed by atoms with Crippen LogP contribution in [0.3, 0.4) is 0 Å². The van der Waals surface area contributed by atoms with Gasteiger partial charge in [-0.05, 0) is 27.0 Å². The molecule has 0 saturated carbocycles. The second-order valence-corrected chi connectivity index (χ2v) is 3.49. The molecule has 0 aliphatic heterocycles. The van der Waals surface area contributed by atoms with Gasteiger partial charge in [-0.1, -0.05) is 29.8 Å². The van der Waals surface area contributed by atoms with Crippen LogP contribution in [0.2, 0.25) is 0 Å². The highest BCUT2D eigenvalue weighted by atomic mass is 16.5. The number of benzene rings is 1. The number of likely N-dealkylation sites (N-methyl/N-ethyl adjacent to an activating group) is 1. The number of hydrogen-bond acceptors (Lipinski definition) is 2. The number of rotatable bonds is 5. The first-order chi connectivity index (χ1) is 7.27. The SMILES string of the molecule is CCOc1ccccc1C=C(C)CNC. The number of ether oxygens (including phenoxy) is 1.